The van der Waals surface area contributed by atoms with Gasteiger partial charge in [-0.05, 0) is 49.6 Å². The third-order valence-corrected chi connectivity index (χ3v) is 5.34. The molecule has 0 aromatic heterocycles. The number of sulfonamides is 1. The summed E-state index contributed by atoms with van der Waals surface area (Å²) in [6.45, 7) is 2.31. The summed E-state index contributed by atoms with van der Waals surface area (Å²) in [6.07, 6.45) is 2.00. The SMILES string of the molecule is C[C@H]1CCc2ccccc2N1CC(=O)Nc1cccc(S(N)(=O)=O)c1. The molecule has 0 bridgehead atoms. The summed E-state index contributed by atoms with van der Waals surface area (Å²) in [4.78, 5) is 14.5. The van der Waals surface area contributed by atoms with E-state index in [9.17, 15) is 13.2 Å². The van der Waals surface area contributed by atoms with E-state index in [0.717, 1.165) is 18.5 Å². The van der Waals surface area contributed by atoms with Crippen LogP contribution in [0.1, 0.15) is 18.9 Å². The minimum Gasteiger partial charge on any atom is -0.359 e. The van der Waals surface area contributed by atoms with Crippen LogP contribution in [0, 0.1) is 0 Å². The molecule has 25 heavy (non-hydrogen) atoms. The van der Waals surface area contributed by atoms with Gasteiger partial charge in [0.2, 0.25) is 15.9 Å². The highest BCUT2D eigenvalue weighted by atomic mass is 32.2. The van der Waals surface area contributed by atoms with Crippen molar-refractivity contribution in [1.29, 1.82) is 0 Å². The van der Waals surface area contributed by atoms with Gasteiger partial charge < -0.3 is 10.2 Å². The quantitative estimate of drug-likeness (QED) is 0.874. The van der Waals surface area contributed by atoms with Gasteiger partial charge in [-0.3, -0.25) is 4.79 Å². The molecule has 3 N–H and O–H groups in total. The first kappa shape index (κ1) is 17.4. The molecule has 0 saturated carbocycles. The van der Waals surface area contributed by atoms with Crippen molar-refractivity contribution in [2.75, 3.05) is 16.8 Å². The van der Waals surface area contributed by atoms with Gasteiger partial charge in [0.25, 0.3) is 0 Å². The van der Waals surface area contributed by atoms with Crippen LogP contribution in [0.15, 0.2) is 53.4 Å². The lowest BCUT2D eigenvalue weighted by Gasteiger charge is -2.36. The van der Waals surface area contributed by atoms with E-state index in [4.69, 9.17) is 5.14 Å². The van der Waals surface area contributed by atoms with Crippen molar-refractivity contribution < 1.29 is 13.2 Å². The Morgan fingerprint density at radius 2 is 2.00 bits per heavy atom. The zero-order valence-electron chi connectivity index (χ0n) is 14.0. The molecule has 1 aliphatic rings. The monoisotopic (exact) mass is 359 g/mol. The summed E-state index contributed by atoms with van der Waals surface area (Å²) in [5.74, 6) is -0.199. The Hall–Kier alpha value is -2.38. The van der Waals surface area contributed by atoms with E-state index in [1.54, 1.807) is 12.1 Å². The average molecular weight is 359 g/mol. The first-order valence-electron chi connectivity index (χ1n) is 8.12. The molecule has 0 saturated heterocycles. The maximum absolute atomic E-state index is 12.5. The van der Waals surface area contributed by atoms with Gasteiger partial charge in [0, 0.05) is 17.4 Å². The highest BCUT2D eigenvalue weighted by Gasteiger charge is 2.24. The third-order valence-electron chi connectivity index (χ3n) is 4.42. The molecule has 1 atom stereocenters. The van der Waals surface area contributed by atoms with Crippen LogP contribution >= 0.6 is 0 Å². The maximum atomic E-state index is 12.5. The number of nitrogens with one attached hydrogen (secondary N) is 1. The Morgan fingerprint density at radius 3 is 2.76 bits per heavy atom. The Balaban J connectivity index is 1.75. The van der Waals surface area contributed by atoms with Crippen LogP contribution in [0.5, 0.6) is 0 Å². The number of fused-ring (bicyclic) bond motifs is 1. The topological polar surface area (TPSA) is 92.5 Å². The second kappa shape index (κ2) is 6.85. The van der Waals surface area contributed by atoms with Crippen LogP contribution in [0.4, 0.5) is 11.4 Å². The molecular formula is C18H21N3O3S. The maximum Gasteiger partial charge on any atom is 0.243 e. The normalized spacial score (nSPS) is 17.0. The van der Waals surface area contributed by atoms with E-state index in [1.165, 1.54) is 17.7 Å². The molecule has 0 radical (unpaired) electrons. The van der Waals surface area contributed by atoms with Gasteiger partial charge >= 0.3 is 0 Å². The number of aryl methyl sites for hydroxylation is 1. The molecule has 0 unspecified atom stereocenters. The van der Waals surface area contributed by atoms with Gasteiger partial charge in [0.1, 0.15) is 0 Å². The summed E-state index contributed by atoms with van der Waals surface area (Å²) < 4.78 is 22.8. The molecule has 1 amide bonds. The van der Waals surface area contributed by atoms with Gasteiger partial charge in [-0.2, -0.15) is 0 Å². The second-order valence-corrected chi connectivity index (χ2v) is 7.83. The number of hydrogen-bond acceptors (Lipinski definition) is 4. The molecule has 6 nitrogen and oxygen atoms in total. The fourth-order valence-electron chi connectivity index (χ4n) is 3.11. The molecule has 1 heterocycles. The highest BCUT2D eigenvalue weighted by Crippen LogP contribution is 2.30. The van der Waals surface area contributed by atoms with Crippen molar-refractivity contribution in [3.05, 3.63) is 54.1 Å². The van der Waals surface area contributed by atoms with Crippen molar-refractivity contribution in [3.63, 3.8) is 0 Å². The standard InChI is InChI=1S/C18H21N3O3S/c1-13-9-10-14-5-2-3-8-17(14)21(13)12-18(22)20-15-6-4-7-16(11-15)25(19,23)24/h2-8,11,13H,9-10,12H2,1H3,(H,20,22)(H2,19,23,24)/t13-/m0/s1. The summed E-state index contributed by atoms with van der Waals surface area (Å²) in [5, 5.41) is 7.88. The van der Waals surface area contributed by atoms with E-state index in [1.807, 2.05) is 18.2 Å². The third kappa shape index (κ3) is 4.00. The predicted octanol–water partition coefficient (Wildman–Crippen LogP) is 2.11. The number of amides is 1. The predicted molar refractivity (Wildman–Crippen MR) is 98.0 cm³/mol. The summed E-state index contributed by atoms with van der Waals surface area (Å²) in [6, 6.07) is 14.3. The van der Waals surface area contributed by atoms with E-state index < -0.39 is 10.0 Å². The Morgan fingerprint density at radius 1 is 1.24 bits per heavy atom. The van der Waals surface area contributed by atoms with Crippen LogP contribution in [-0.4, -0.2) is 26.9 Å². The van der Waals surface area contributed by atoms with Crippen molar-refractivity contribution >= 4 is 27.3 Å². The van der Waals surface area contributed by atoms with Gasteiger partial charge in [0.15, 0.2) is 0 Å². The molecular weight excluding hydrogens is 338 g/mol. The van der Waals surface area contributed by atoms with Gasteiger partial charge in [-0.25, -0.2) is 13.6 Å². The van der Waals surface area contributed by atoms with Gasteiger partial charge in [-0.15, -0.1) is 0 Å². The molecule has 7 heteroatoms. The van der Waals surface area contributed by atoms with E-state index in [2.05, 4.69) is 23.2 Å². The van der Waals surface area contributed by atoms with Gasteiger partial charge in [0.05, 0.1) is 11.4 Å². The molecule has 3 rings (SSSR count). The fourth-order valence-corrected chi connectivity index (χ4v) is 3.67. The molecule has 0 aliphatic carbocycles. The number of hydrogen-bond donors (Lipinski definition) is 2. The lowest BCUT2D eigenvalue weighted by molar-refractivity contribution is -0.115. The Labute approximate surface area is 147 Å². The highest BCUT2D eigenvalue weighted by molar-refractivity contribution is 7.89. The second-order valence-electron chi connectivity index (χ2n) is 6.27. The minimum absolute atomic E-state index is 0.0259. The first-order valence-corrected chi connectivity index (χ1v) is 9.66. The molecule has 0 spiro atoms. The van der Waals surface area contributed by atoms with Crippen LogP contribution < -0.4 is 15.4 Å². The molecule has 132 valence electrons. The summed E-state index contributed by atoms with van der Waals surface area (Å²) in [7, 11) is -3.80. The zero-order chi connectivity index (χ0) is 18.0. The number of primary sulfonamides is 1. The number of rotatable bonds is 4. The molecule has 2 aromatic rings. The average Bonchev–Trinajstić information content (AvgIpc) is 2.57. The minimum atomic E-state index is -3.80. The Kier molecular flexibility index (Phi) is 4.78. The zero-order valence-corrected chi connectivity index (χ0v) is 14.8. The van der Waals surface area contributed by atoms with Crippen LogP contribution in [0.25, 0.3) is 0 Å². The van der Waals surface area contributed by atoms with Crippen molar-refractivity contribution in [2.45, 2.75) is 30.7 Å². The smallest absolute Gasteiger partial charge is 0.243 e. The van der Waals surface area contributed by atoms with Crippen LogP contribution in [0.3, 0.4) is 0 Å². The Bertz CT molecular complexity index is 896. The number of anilines is 2. The molecule has 2 aromatic carbocycles. The van der Waals surface area contributed by atoms with Crippen molar-refractivity contribution in [1.82, 2.24) is 0 Å². The first-order chi connectivity index (χ1) is 11.8. The number of carbonyl (C=O) groups excluding carboxylic acids is 1. The van der Waals surface area contributed by atoms with Crippen LogP contribution in [-0.2, 0) is 21.2 Å². The number of nitrogens with zero attached hydrogens (tertiary/aromatic N) is 1. The van der Waals surface area contributed by atoms with E-state index in [0.29, 0.717) is 5.69 Å². The van der Waals surface area contributed by atoms with Gasteiger partial charge in [-0.1, -0.05) is 24.3 Å². The molecule has 0 fully saturated rings. The lowest BCUT2D eigenvalue weighted by atomic mass is 9.96. The summed E-state index contributed by atoms with van der Waals surface area (Å²) >= 11 is 0. The van der Waals surface area contributed by atoms with Crippen molar-refractivity contribution in [2.24, 2.45) is 5.14 Å². The fraction of sp³-hybridized carbons (Fsp3) is 0.278. The van der Waals surface area contributed by atoms with Crippen molar-refractivity contribution in [3.8, 4) is 0 Å². The molecule has 1 aliphatic heterocycles. The number of nitrogens with two attached hydrogens (primary N) is 1. The van der Waals surface area contributed by atoms with E-state index >= 15 is 0 Å². The number of benzene rings is 2. The van der Waals surface area contributed by atoms with E-state index in [-0.39, 0.29) is 23.4 Å². The number of carbonyl (C=O) groups is 1. The lowest BCUT2D eigenvalue weighted by Crippen LogP contribution is -2.42. The van der Waals surface area contributed by atoms with Crippen LogP contribution in [0.2, 0.25) is 0 Å². The largest absolute Gasteiger partial charge is 0.359 e. The number of para-hydroxylation sites is 1. The summed E-state index contributed by atoms with van der Waals surface area (Å²) in [5.41, 5.74) is 2.73.